The van der Waals surface area contributed by atoms with Gasteiger partial charge in [-0.2, -0.15) is 0 Å². The minimum atomic E-state index is -3.86. The number of carbonyl (C=O) groups is 1. The summed E-state index contributed by atoms with van der Waals surface area (Å²) in [6, 6.07) is 2.92. The minimum Gasteiger partial charge on any atom is -0.459 e. The van der Waals surface area contributed by atoms with Crippen molar-refractivity contribution in [3.8, 4) is 0 Å². The smallest absolute Gasteiger partial charge is 0.338 e. The molecule has 6 heteroatoms. The fourth-order valence-electron chi connectivity index (χ4n) is 2.32. The van der Waals surface area contributed by atoms with Crippen LogP contribution in [0.25, 0.3) is 0 Å². The van der Waals surface area contributed by atoms with Crippen LogP contribution in [0.2, 0.25) is 0 Å². The zero-order valence-electron chi connectivity index (χ0n) is 13.1. The molecule has 1 aromatic carbocycles. The second-order valence-corrected chi connectivity index (χ2v) is 7.35. The van der Waals surface area contributed by atoms with Gasteiger partial charge in [-0.25, -0.2) is 18.4 Å². The highest BCUT2D eigenvalue weighted by molar-refractivity contribution is 7.89. The molecule has 0 radical (unpaired) electrons. The van der Waals surface area contributed by atoms with Gasteiger partial charge in [-0.1, -0.05) is 19.9 Å². The number of primary sulfonamides is 1. The lowest BCUT2D eigenvalue weighted by Gasteiger charge is -2.17. The van der Waals surface area contributed by atoms with Crippen LogP contribution in [0.3, 0.4) is 0 Å². The number of rotatable bonds is 5. The summed E-state index contributed by atoms with van der Waals surface area (Å²) in [7, 11) is -3.86. The van der Waals surface area contributed by atoms with Crippen molar-refractivity contribution in [3.05, 3.63) is 28.8 Å². The van der Waals surface area contributed by atoms with E-state index in [1.807, 2.05) is 20.8 Å². The second-order valence-electron chi connectivity index (χ2n) is 5.82. The Labute approximate surface area is 126 Å². The molecule has 0 fully saturated rings. The zero-order chi connectivity index (χ0) is 16.4. The summed E-state index contributed by atoms with van der Waals surface area (Å²) < 4.78 is 28.4. The Kier molecular flexibility index (Phi) is 5.53. The molecule has 0 aliphatic carbocycles. The van der Waals surface area contributed by atoms with E-state index in [0.29, 0.717) is 17.0 Å². The first-order valence-corrected chi connectivity index (χ1v) is 8.42. The summed E-state index contributed by atoms with van der Waals surface area (Å²) in [5.74, 6) is -0.113. The number of sulfonamides is 1. The third-order valence-electron chi connectivity index (χ3n) is 3.16. The number of hydrogen-bond acceptors (Lipinski definition) is 4. The van der Waals surface area contributed by atoms with Crippen LogP contribution in [0.15, 0.2) is 17.0 Å². The highest BCUT2D eigenvalue weighted by atomic mass is 32.2. The molecule has 0 amide bonds. The first-order valence-electron chi connectivity index (χ1n) is 6.87. The number of ether oxygens (including phenoxy) is 1. The van der Waals surface area contributed by atoms with Crippen LogP contribution in [-0.4, -0.2) is 20.5 Å². The minimum absolute atomic E-state index is 0.0448. The highest BCUT2D eigenvalue weighted by Crippen LogP contribution is 2.21. The highest BCUT2D eigenvalue weighted by Gasteiger charge is 2.20. The molecule has 0 aliphatic rings. The summed E-state index contributed by atoms with van der Waals surface area (Å²) >= 11 is 0. The number of benzene rings is 1. The van der Waals surface area contributed by atoms with Gasteiger partial charge in [-0.15, -0.1) is 0 Å². The van der Waals surface area contributed by atoms with E-state index < -0.39 is 16.0 Å². The van der Waals surface area contributed by atoms with Gasteiger partial charge in [0.1, 0.15) is 0 Å². The van der Waals surface area contributed by atoms with Crippen LogP contribution < -0.4 is 5.14 Å². The van der Waals surface area contributed by atoms with Crippen molar-refractivity contribution in [1.29, 1.82) is 0 Å². The number of esters is 1. The summed E-state index contributed by atoms with van der Waals surface area (Å²) in [6.45, 7) is 9.29. The fraction of sp³-hybridized carbons (Fsp3) is 0.533. The predicted molar refractivity (Wildman–Crippen MR) is 81.6 cm³/mol. The molecular weight excluding hydrogens is 290 g/mol. The van der Waals surface area contributed by atoms with Crippen molar-refractivity contribution < 1.29 is 17.9 Å². The molecule has 1 atom stereocenters. The number of hydrogen-bond donors (Lipinski definition) is 1. The van der Waals surface area contributed by atoms with Crippen LogP contribution in [0.4, 0.5) is 0 Å². The van der Waals surface area contributed by atoms with Crippen LogP contribution in [0.5, 0.6) is 0 Å². The lowest BCUT2D eigenvalue weighted by Crippen LogP contribution is -2.19. The maximum atomic E-state index is 12.2. The third-order valence-corrected chi connectivity index (χ3v) is 4.21. The maximum Gasteiger partial charge on any atom is 0.338 e. The molecule has 1 unspecified atom stereocenters. The molecule has 0 bridgehead atoms. The van der Waals surface area contributed by atoms with Crippen molar-refractivity contribution in [3.63, 3.8) is 0 Å². The summed E-state index contributed by atoms with van der Waals surface area (Å²) in [6.07, 6.45) is 0.523. The molecule has 1 aromatic rings. The SMILES string of the molecule is Cc1cc(C)c(S(N)(=O)=O)cc1C(=O)OC(C)CC(C)C. The largest absolute Gasteiger partial charge is 0.459 e. The van der Waals surface area contributed by atoms with E-state index in [1.165, 1.54) is 6.07 Å². The molecule has 0 saturated heterocycles. The Hall–Kier alpha value is -1.40. The molecule has 0 saturated carbocycles. The lowest BCUT2D eigenvalue weighted by atomic mass is 10.0. The number of nitrogens with two attached hydrogens (primary N) is 1. The monoisotopic (exact) mass is 313 g/mol. The average molecular weight is 313 g/mol. The molecule has 0 heterocycles. The molecular formula is C15H23NO4S. The van der Waals surface area contributed by atoms with Gasteiger partial charge in [-0.3, -0.25) is 0 Å². The summed E-state index contributed by atoms with van der Waals surface area (Å²) in [5, 5.41) is 5.16. The fourth-order valence-corrected chi connectivity index (χ4v) is 3.11. The predicted octanol–water partition coefficient (Wildman–Crippen LogP) is 2.54. The van der Waals surface area contributed by atoms with Gasteiger partial charge in [0.05, 0.1) is 16.6 Å². The number of carbonyl (C=O) groups excluding carboxylic acids is 1. The van der Waals surface area contributed by atoms with Crippen LogP contribution in [-0.2, 0) is 14.8 Å². The van der Waals surface area contributed by atoms with E-state index in [9.17, 15) is 13.2 Å². The van der Waals surface area contributed by atoms with E-state index in [2.05, 4.69) is 0 Å². The second kappa shape index (κ2) is 6.58. The van der Waals surface area contributed by atoms with E-state index in [-0.39, 0.29) is 16.6 Å². The van der Waals surface area contributed by atoms with Gasteiger partial charge in [0.2, 0.25) is 10.0 Å². The van der Waals surface area contributed by atoms with Gasteiger partial charge in [0.15, 0.2) is 0 Å². The van der Waals surface area contributed by atoms with Gasteiger partial charge in [-0.05, 0) is 50.3 Å². The number of aryl methyl sites for hydroxylation is 2. The lowest BCUT2D eigenvalue weighted by molar-refractivity contribution is 0.0298. The van der Waals surface area contributed by atoms with E-state index in [0.717, 1.165) is 6.42 Å². The molecule has 2 N–H and O–H groups in total. The van der Waals surface area contributed by atoms with Crippen molar-refractivity contribution in [2.24, 2.45) is 11.1 Å². The molecule has 118 valence electrons. The molecule has 1 rings (SSSR count). The Morgan fingerprint density at radius 3 is 2.24 bits per heavy atom. The van der Waals surface area contributed by atoms with Gasteiger partial charge in [0.25, 0.3) is 0 Å². The maximum absolute atomic E-state index is 12.2. The standard InChI is InChI=1S/C15H23NO4S/c1-9(2)6-12(5)20-15(17)13-8-14(21(16,18)19)11(4)7-10(13)3/h7-9,12H,6H2,1-5H3,(H2,16,18,19). The summed E-state index contributed by atoms with van der Waals surface area (Å²) in [4.78, 5) is 12.1. The Bertz CT molecular complexity index is 635. The Balaban J connectivity index is 3.10. The summed E-state index contributed by atoms with van der Waals surface area (Å²) in [5.41, 5.74) is 1.42. The van der Waals surface area contributed by atoms with E-state index in [4.69, 9.17) is 9.88 Å². The van der Waals surface area contributed by atoms with Crippen LogP contribution in [0.1, 0.15) is 48.7 Å². The van der Waals surface area contributed by atoms with Crippen molar-refractivity contribution in [1.82, 2.24) is 0 Å². The molecule has 21 heavy (non-hydrogen) atoms. The van der Waals surface area contributed by atoms with Crippen LogP contribution >= 0.6 is 0 Å². The van der Waals surface area contributed by atoms with Gasteiger partial charge in [0, 0.05) is 0 Å². The van der Waals surface area contributed by atoms with E-state index in [1.54, 1.807) is 19.9 Å². The van der Waals surface area contributed by atoms with Crippen molar-refractivity contribution >= 4 is 16.0 Å². The quantitative estimate of drug-likeness (QED) is 0.846. The normalized spacial score (nSPS) is 13.3. The molecule has 0 spiro atoms. The first-order chi connectivity index (χ1) is 9.52. The average Bonchev–Trinajstić information content (AvgIpc) is 2.24. The zero-order valence-corrected chi connectivity index (χ0v) is 14.0. The van der Waals surface area contributed by atoms with Crippen molar-refractivity contribution in [2.45, 2.75) is 52.0 Å². The first kappa shape index (κ1) is 17.7. The molecule has 0 aliphatic heterocycles. The topological polar surface area (TPSA) is 86.5 Å². The molecule has 0 aromatic heterocycles. The van der Waals surface area contributed by atoms with Crippen LogP contribution in [0, 0.1) is 19.8 Å². The van der Waals surface area contributed by atoms with Gasteiger partial charge < -0.3 is 4.74 Å². The Morgan fingerprint density at radius 2 is 1.76 bits per heavy atom. The van der Waals surface area contributed by atoms with Crippen molar-refractivity contribution in [2.75, 3.05) is 0 Å². The third kappa shape index (κ3) is 4.82. The Morgan fingerprint density at radius 1 is 1.19 bits per heavy atom. The molecule has 5 nitrogen and oxygen atoms in total. The van der Waals surface area contributed by atoms with Gasteiger partial charge >= 0.3 is 5.97 Å². The van der Waals surface area contributed by atoms with E-state index >= 15 is 0 Å².